The van der Waals surface area contributed by atoms with Crippen LogP contribution in [0.5, 0.6) is 5.75 Å². The number of carbonyl (C=O) groups is 1. The topological polar surface area (TPSA) is 71.1 Å². The highest BCUT2D eigenvalue weighted by Crippen LogP contribution is 2.54. The van der Waals surface area contributed by atoms with Crippen molar-refractivity contribution in [2.45, 2.75) is 45.9 Å². The summed E-state index contributed by atoms with van der Waals surface area (Å²) < 4.78 is 34.4. The van der Waals surface area contributed by atoms with Gasteiger partial charge in [0, 0.05) is 0 Å². The molecule has 154 valence electrons. The molecule has 2 atom stereocenters. The lowest BCUT2D eigenvalue weighted by molar-refractivity contribution is -0.148. The lowest BCUT2D eigenvalue weighted by atomic mass is 9.98. The van der Waals surface area contributed by atoms with E-state index in [0.717, 1.165) is 22.1 Å². The van der Waals surface area contributed by atoms with Crippen molar-refractivity contribution in [2.24, 2.45) is 0 Å². The zero-order valence-corrected chi connectivity index (χ0v) is 18.0. The monoisotopic (exact) mass is 408 g/mol. The van der Waals surface area contributed by atoms with Gasteiger partial charge < -0.3 is 18.5 Å². The maximum Gasteiger partial charge on any atom is 0.370 e. The van der Waals surface area contributed by atoms with Gasteiger partial charge in [0.25, 0.3) is 0 Å². The molecule has 2 rings (SSSR count). The number of benzene rings is 2. The van der Waals surface area contributed by atoms with Crippen molar-refractivity contribution in [3.8, 4) is 5.75 Å². The van der Waals surface area contributed by atoms with Gasteiger partial charge in [-0.2, -0.15) is 0 Å². The van der Waals surface area contributed by atoms with Crippen molar-refractivity contribution >= 4 is 24.3 Å². The number of rotatable bonds is 10. The number of hydrogen-bond acceptors (Lipinski definition) is 6. The number of methoxy groups -OCH3 is 1. The molecule has 0 saturated heterocycles. The fourth-order valence-electron chi connectivity index (χ4n) is 2.95. The molecule has 2 aromatic rings. The Morgan fingerprint density at radius 1 is 1.00 bits per heavy atom. The zero-order chi connectivity index (χ0) is 20.7. The van der Waals surface area contributed by atoms with Crippen LogP contribution in [0.2, 0.25) is 0 Å². The standard InChI is InChI=1S/C21H29O6P/c1-6-20(28(23,25-7-2)26-8-3)27-21(22)15(4)16-9-10-18-14-19(24-5)12-11-17(18)13-16/h9-15,20H,6-8H2,1-5H3/t15-,20+/m0/s1. The highest BCUT2D eigenvalue weighted by Gasteiger charge is 2.38. The quantitative estimate of drug-likeness (QED) is 0.382. The van der Waals surface area contributed by atoms with Crippen LogP contribution in [0.4, 0.5) is 0 Å². The van der Waals surface area contributed by atoms with Gasteiger partial charge in [0.05, 0.1) is 26.2 Å². The molecule has 0 amide bonds. The first-order valence-electron chi connectivity index (χ1n) is 9.55. The van der Waals surface area contributed by atoms with Crippen LogP contribution >= 0.6 is 7.60 Å². The minimum Gasteiger partial charge on any atom is -0.497 e. The van der Waals surface area contributed by atoms with E-state index in [1.165, 1.54) is 0 Å². The first kappa shape index (κ1) is 22.4. The van der Waals surface area contributed by atoms with Gasteiger partial charge in [0.1, 0.15) is 5.75 Å². The summed E-state index contributed by atoms with van der Waals surface area (Å²) in [6, 6.07) is 11.5. The molecular formula is C21H29O6P. The van der Waals surface area contributed by atoms with Gasteiger partial charge in [-0.05, 0) is 55.7 Å². The maximum atomic E-state index is 12.9. The maximum absolute atomic E-state index is 12.9. The molecule has 28 heavy (non-hydrogen) atoms. The molecule has 0 unspecified atom stereocenters. The van der Waals surface area contributed by atoms with Crippen molar-refractivity contribution in [1.82, 2.24) is 0 Å². The van der Waals surface area contributed by atoms with Crippen LogP contribution in [0.15, 0.2) is 36.4 Å². The van der Waals surface area contributed by atoms with Gasteiger partial charge in [0.2, 0.25) is 5.85 Å². The van der Waals surface area contributed by atoms with Crippen LogP contribution < -0.4 is 4.74 Å². The molecule has 0 fully saturated rings. The summed E-state index contributed by atoms with van der Waals surface area (Å²) in [7, 11) is -1.89. The summed E-state index contributed by atoms with van der Waals surface area (Å²) in [5, 5.41) is 2.02. The van der Waals surface area contributed by atoms with E-state index in [0.29, 0.717) is 6.42 Å². The van der Waals surface area contributed by atoms with E-state index in [9.17, 15) is 9.36 Å². The van der Waals surface area contributed by atoms with Crippen molar-refractivity contribution in [3.05, 3.63) is 42.0 Å². The number of ether oxygens (including phenoxy) is 2. The number of fused-ring (bicyclic) bond motifs is 1. The average molecular weight is 408 g/mol. The molecule has 0 spiro atoms. The minimum absolute atomic E-state index is 0.217. The van der Waals surface area contributed by atoms with Gasteiger partial charge in [-0.1, -0.05) is 31.2 Å². The van der Waals surface area contributed by atoms with Crippen LogP contribution in [0.3, 0.4) is 0 Å². The van der Waals surface area contributed by atoms with Gasteiger partial charge >= 0.3 is 13.6 Å². The summed E-state index contributed by atoms with van der Waals surface area (Å²) in [5.74, 6) is -1.12. The molecule has 0 aliphatic carbocycles. The summed E-state index contributed by atoms with van der Waals surface area (Å²) in [4.78, 5) is 12.7. The predicted molar refractivity (Wildman–Crippen MR) is 110 cm³/mol. The van der Waals surface area contributed by atoms with Crippen molar-refractivity contribution in [1.29, 1.82) is 0 Å². The Morgan fingerprint density at radius 3 is 2.18 bits per heavy atom. The second-order valence-corrected chi connectivity index (χ2v) is 8.54. The molecule has 0 aliphatic heterocycles. The normalized spacial score (nSPS) is 13.9. The third-order valence-electron chi connectivity index (χ3n) is 4.50. The zero-order valence-electron chi connectivity index (χ0n) is 17.1. The van der Waals surface area contributed by atoms with Crippen LogP contribution in [0.1, 0.15) is 45.6 Å². The van der Waals surface area contributed by atoms with E-state index in [2.05, 4.69) is 0 Å². The molecule has 0 heterocycles. The Labute approximate surface area is 166 Å². The molecule has 2 aromatic carbocycles. The van der Waals surface area contributed by atoms with Crippen LogP contribution in [-0.2, 0) is 23.1 Å². The summed E-state index contributed by atoms with van der Waals surface area (Å²) in [6.45, 7) is 7.45. The fraction of sp³-hybridized carbons (Fsp3) is 0.476. The van der Waals surface area contributed by atoms with Crippen molar-refractivity contribution < 1.29 is 27.9 Å². The lowest BCUT2D eigenvalue weighted by Crippen LogP contribution is -2.23. The molecular weight excluding hydrogens is 379 g/mol. The highest BCUT2D eigenvalue weighted by atomic mass is 31.2. The van der Waals surface area contributed by atoms with E-state index in [1.807, 2.05) is 36.4 Å². The Balaban J connectivity index is 2.20. The van der Waals surface area contributed by atoms with Crippen LogP contribution in [0, 0.1) is 0 Å². The van der Waals surface area contributed by atoms with E-state index in [-0.39, 0.29) is 13.2 Å². The molecule has 0 saturated carbocycles. The molecule has 7 heteroatoms. The second kappa shape index (κ2) is 10.1. The summed E-state index contributed by atoms with van der Waals surface area (Å²) in [6.07, 6.45) is 0.341. The molecule has 6 nitrogen and oxygen atoms in total. The summed E-state index contributed by atoms with van der Waals surface area (Å²) >= 11 is 0. The number of hydrogen-bond donors (Lipinski definition) is 0. The van der Waals surface area contributed by atoms with Gasteiger partial charge in [-0.3, -0.25) is 9.36 Å². The molecule has 0 radical (unpaired) electrons. The average Bonchev–Trinajstić information content (AvgIpc) is 2.70. The van der Waals surface area contributed by atoms with E-state index >= 15 is 0 Å². The Kier molecular flexibility index (Phi) is 8.05. The molecule has 0 aliphatic rings. The minimum atomic E-state index is -3.52. The smallest absolute Gasteiger partial charge is 0.370 e. The third-order valence-corrected chi connectivity index (χ3v) is 6.91. The van der Waals surface area contributed by atoms with E-state index in [1.54, 1.807) is 34.8 Å². The SMILES string of the molecule is CCOP(=O)(OCC)[C@H](CC)OC(=O)[C@@H](C)c1ccc2cc(OC)ccc2c1. The number of esters is 1. The lowest BCUT2D eigenvalue weighted by Gasteiger charge is -2.26. The molecule has 0 aromatic heterocycles. The van der Waals surface area contributed by atoms with Crippen LogP contribution in [-0.4, -0.2) is 32.1 Å². The second-order valence-electron chi connectivity index (χ2n) is 6.37. The van der Waals surface area contributed by atoms with Crippen LogP contribution in [0.25, 0.3) is 10.8 Å². The van der Waals surface area contributed by atoms with E-state index in [4.69, 9.17) is 18.5 Å². The summed E-state index contributed by atoms with van der Waals surface area (Å²) in [5.41, 5.74) is 0.820. The third kappa shape index (κ3) is 5.13. The molecule has 0 bridgehead atoms. The van der Waals surface area contributed by atoms with Gasteiger partial charge in [0.15, 0.2) is 0 Å². The first-order chi connectivity index (χ1) is 13.4. The Hall–Kier alpha value is -1.88. The van der Waals surface area contributed by atoms with Gasteiger partial charge in [-0.25, -0.2) is 0 Å². The first-order valence-corrected chi connectivity index (χ1v) is 11.2. The Bertz CT molecular complexity index is 840. The van der Waals surface area contributed by atoms with Crippen molar-refractivity contribution in [2.75, 3.05) is 20.3 Å². The van der Waals surface area contributed by atoms with Gasteiger partial charge in [-0.15, -0.1) is 0 Å². The van der Waals surface area contributed by atoms with Crippen molar-refractivity contribution in [3.63, 3.8) is 0 Å². The fourth-order valence-corrected chi connectivity index (χ4v) is 4.75. The Morgan fingerprint density at radius 2 is 1.61 bits per heavy atom. The number of carbonyl (C=O) groups excluding carboxylic acids is 1. The molecule has 0 N–H and O–H groups in total. The van der Waals surface area contributed by atoms with E-state index < -0.39 is 25.3 Å². The predicted octanol–water partition coefficient (Wildman–Crippen LogP) is 5.50. The largest absolute Gasteiger partial charge is 0.497 e. The highest BCUT2D eigenvalue weighted by molar-refractivity contribution is 7.54.